The fraction of sp³-hybridized carbons (Fsp3) is 0.529. The molecule has 0 spiro atoms. The van der Waals surface area contributed by atoms with Crippen molar-refractivity contribution < 1.29 is 4.74 Å². The topological polar surface area (TPSA) is 47.4 Å². The number of likely N-dealkylation sites (tertiary alicyclic amines) is 1. The lowest BCUT2D eigenvalue weighted by Gasteiger charge is -2.32. The minimum absolute atomic E-state index is 0.0161. The quantitative estimate of drug-likeness (QED) is 0.869. The first-order valence-corrected chi connectivity index (χ1v) is 7.92. The Labute approximate surface area is 130 Å². The number of aryl methyl sites for hydroxylation is 1. The molecule has 5 nitrogen and oxygen atoms in total. The molecule has 1 aliphatic heterocycles. The van der Waals surface area contributed by atoms with Gasteiger partial charge in [-0.15, -0.1) is 0 Å². The lowest BCUT2D eigenvalue weighted by molar-refractivity contribution is 0.170. The van der Waals surface area contributed by atoms with Gasteiger partial charge in [0.2, 0.25) is 0 Å². The largest absolute Gasteiger partial charge is 0.497 e. The average molecular weight is 301 g/mol. The first kappa shape index (κ1) is 15.0. The van der Waals surface area contributed by atoms with E-state index < -0.39 is 0 Å². The maximum Gasteiger partial charge on any atom is 0.261 e. The van der Waals surface area contributed by atoms with Crippen molar-refractivity contribution in [1.82, 2.24) is 14.5 Å². The molecule has 5 heteroatoms. The number of methoxy groups -OCH3 is 1. The Balaban J connectivity index is 1.81. The summed E-state index contributed by atoms with van der Waals surface area (Å²) in [5.74, 6) is 0.691. The number of benzene rings is 1. The highest BCUT2D eigenvalue weighted by Gasteiger charge is 2.18. The van der Waals surface area contributed by atoms with Crippen LogP contribution in [0.3, 0.4) is 0 Å². The molecule has 0 radical (unpaired) electrons. The molecule has 22 heavy (non-hydrogen) atoms. The van der Waals surface area contributed by atoms with E-state index in [1.54, 1.807) is 24.1 Å². The van der Waals surface area contributed by atoms with Gasteiger partial charge in [0.25, 0.3) is 5.56 Å². The minimum atomic E-state index is 0.0161. The van der Waals surface area contributed by atoms with Gasteiger partial charge in [-0.25, -0.2) is 4.98 Å². The maximum atomic E-state index is 12.6. The first-order chi connectivity index (χ1) is 10.7. The molecule has 1 atom stereocenters. The van der Waals surface area contributed by atoms with Gasteiger partial charge >= 0.3 is 0 Å². The fourth-order valence-electron chi connectivity index (χ4n) is 3.22. The summed E-state index contributed by atoms with van der Waals surface area (Å²) >= 11 is 0. The molecular weight excluding hydrogens is 278 g/mol. The van der Waals surface area contributed by atoms with Gasteiger partial charge in [0.15, 0.2) is 0 Å². The van der Waals surface area contributed by atoms with Gasteiger partial charge in [0.05, 0.1) is 24.3 Å². The van der Waals surface area contributed by atoms with Crippen LogP contribution >= 0.6 is 0 Å². The van der Waals surface area contributed by atoms with E-state index in [9.17, 15) is 4.79 Å². The van der Waals surface area contributed by atoms with Crippen LogP contribution in [0.2, 0.25) is 0 Å². The Morgan fingerprint density at radius 1 is 1.36 bits per heavy atom. The van der Waals surface area contributed by atoms with Crippen molar-refractivity contribution in [2.24, 2.45) is 0 Å². The Bertz CT molecular complexity index is 711. The van der Waals surface area contributed by atoms with Gasteiger partial charge in [0, 0.05) is 12.6 Å². The van der Waals surface area contributed by atoms with E-state index in [0.29, 0.717) is 23.7 Å². The highest BCUT2D eigenvalue weighted by molar-refractivity contribution is 5.78. The Hall–Kier alpha value is -1.88. The summed E-state index contributed by atoms with van der Waals surface area (Å²) in [7, 11) is 3.78. The second kappa shape index (κ2) is 6.48. The summed E-state index contributed by atoms with van der Waals surface area (Å²) in [5, 5.41) is 0.624. The molecule has 1 saturated heterocycles. The van der Waals surface area contributed by atoms with Gasteiger partial charge in [-0.1, -0.05) is 6.42 Å². The van der Waals surface area contributed by atoms with Crippen molar-refractivity contribution >= 4 is 10.9 Å². The number of rotatable bonds is 4. The average Bonchev–Trinajstić information content (AvgIpc) is 2.55. The number of piperidine rings is 1. The molecule has 2 heterocycles. The van der Waals surface area contributed by atoms with Crippen molar-refractivity contribution in [2.45, 2.75) is 38.3 Å². The van der Waals surface area contributed by atoms with Gasteiger partial charge in [-0.3, -0.25) is 9.36 Å². The van der Waals surface area contributed by atoms with E-state index in [1.165, 1.54) is 19.3 Å². The minimum Gasteiger partial charge on any atom is -0.497 e. The number of ether oxygens (including phenoxy) is 1. The van der Waals surface area contributed by atoms with Crippen LogP contribution in [0.5, 0.6) is 5.75 Å². The van der Waals surface area contributed by atoms with Gasteiger partial charge < -0.3 is 9.64 Å². The van der Waals surface area contributed by atoms with Crippen LogP contribution in [0.1, 0.15) is 25.7 Å². The second-order valence-corrected chi connectivity index (χ2v) is 6.05. The zero-order chi connectivity index (χ0) is 15.5. The summed E-state index contributed by atoms with van der Waals surface area (Å²) in [4.78, 5) is 19.4. The lowest BCUT2D eigenvalue weighted by atomic mass is 10.0. The smallest absolute Gasteiger partial charge is 0.261 e. The normalized spacial score (nSPS) is 19.5. The van der Waals surface area contributed by atoms with Crippen LogP contribution in [0.25, 0.3) is 10.9 Å². The summed E-state index contributed by atoms with van der Waals surface area (Å²) in [5.41, 5.74) is 0.735. The summed E-state index contributed by atoms with van der Waals surface area (Å²) in [6, 6.07) is 6.00. The predicted molar refractivity (Wildman–Crippen MR) is 87.4 cm³/mol. The molecule has 1 unspecified atom stereocenters. The molecule has 1 aromatic carbocycles. The van der Waals surface area contributed by atoms with E-state index in [2.05, 4.69) is 16.9 Å². The number of aromatic nitrogens is 2. The SMILES string of the molecule is COc1ccc2ncn(CCC3CCCCN3C)c(=O)c2c1. The third kappa shape index (κ3) is 2.99. The van der Waals surface area contributed by atoms with Crippen molar-refractivity contribution in [3.63, 3.8) is 0 Å². The van der Waals surface area contributed by atoms with Crippen LogP contribution in [0.15, 0.2) is 29.3 Å². The van der Waals surface area contributed by atoms with Gasteiger partial charge in [0.1, 0.15) is 5.75 Å². The number of hydrogen-bond acceptors (Lipinski definition) is 4. The highest BCUT2D eigenvalue weighted by atomic mass is 16.5. The summed E-state index contributed by atoms with van der Waals surface area (Å²) in [6.07, 6.45) is 6.45. The van der Waals surface area contributed by atoms with Crippen LogP contribution in [0.4, 0.5) is 0 Å². The molecule has 0 aliphatic carbocycles. The molecule has 118 valence electrons. The number of nitrogens with zero attached hydrogens (tertiary/aromatic N) is 3. The molecule has 1 fully saturated rings. The van der Waals surface area contributed by atoms with Crippen molar-refractivity contribution in [3.8, 4) is 5.75 Å². The monoisotopic (exact) mass is 301 g/mol. The Morgan fingerprint density at radius 2 is 2.23 bits per heavy atom. The molecule has 1 aromatic heterocycles. The maximum absolute atomic E-state index is 12.6. The number of hydrogen-bond donors (Lipinski definition) is 0. The van der Waals surface area contributed by atoms with Crippen molar-refractivity contribution in [3.05, 3.63) is 34.9 Å². The van der Waals surface area contributed by atoms with Crippen LogP contribution in [-0.4, -0.2) is 41.2 Å². The molecular formula is C17H23N3O2. The lowest BCUT2D eigenvalue weighted by Crippen LogP contribution is -2.37. The molecule has 2 aromatic rings. The van der Waals surface area contributed by atoms with Crippen molar-refractivity contribution in [2.75, 3.05) is 20.7 Å². The number of fused-ring (bicyclic) bond motifs is 1. The Morgan fingerprint density at radius 3 is 3.00 bits per heavy atom. The fourth-order valence-corrected chi connectivity index (χ4v) is 3.22. The van der Waals surface area contributed by atoms with Gasteiger partial charge in [-0.05, 0) is 51.1 Å². The molecule has 0 bridgehead atoms. The van der Waals surface area contributed by atoms with E-state index in [4.69, 9.17) is 4.74 Å². The first-order valence-electron chi connectivity index (χ1n) is 7.92. The Kier molecular flexibility index (Phi) is 4.43. The van der Waals surface area contributed by atoms with E-state index in [-0.39, 0.29) is 5.56 Å². The second-order valence-electron chi connectivity index (χ2n) is 6.05. The van der Waals surface area contributed by atoms with Crippen molar-refractivity contribution in [1.29, 1.82) is 0 Å². The molecule has 0 amide bonds. The highest BCUT2D eigenvalue weighted by Crippen LogP contribution is 2.19. The standard InChI is InChI=1S/C17H23N3O2/c1-19-9-4-3-5-13(19)8-10-20-12-18-16-7-6-14(22-2)11-15(16)17(20)21/h6-7,11-13H,3-5,8-10H2,1-2H3. The summed E-state index contributed by atoms with van der Waals surface area (Å²) < 4.78 is 6.93. The van der Waals surface area contributed by atoms with Crippen LogP contribution in [-0.2, 0) is 6.54 Å². The molecule has 0 N–H and O–H groups in total. The third-order valence-corrected chi connectivity index (χ3v) is 4.66. The third-order valence-electron chi connectivity index (χ3n) is 4.66. The molecule has 0 saturated carbocycles. The predicted octanol–water partition coefficient (Wildman–Crippen LogP) is 2.28. The van der Waals surface area contributed by atoms with Crippen LogP contribution < -0.4 is 10.3 Å². The van der Waals surface area contributed by atoms with Gasteiger partial charge in [-0.2, -0.15) is 0 Å². The van der Waals surface area contributed by atoms with E-state index in [1.807, 2.05) is 12.1 Å². The van der Waals surface area contributed by atoms with E-state index >= 15 is 0 Å². The molecule has 3 rings (SSSR count). The molecule has 1 aliphatic rings. The zero-order valence-corrected chi connectivity index (χ0v) is 13.3. The van der Waals surface area contributed by atoms with E-state index in [0.717, 1.165) is 18.5 Å². The zero-order valence-electron chi connectivity index (χ0n) is 13.3. The summed E-state index contributed by atoms with van der Waals surface area (Å²) in [6.45, 7) is 1.88. The van der Waals surface area contributed by atoms with Crippen LogP contribution in [0, 0.1) is 0 Å².